The minimum Gasteiger partial charge on any atom is -0.493 e. The number of nitrogens with zero attached hydrogens (tertiary/aromatic N) is 1. The third kappa shape index (κ3) is 2.70. The maximum atomic E-state index is 5.52. The Kier molecular flexibility index (Phi) is 3.88. The first kappa shape index (κ1) is 9.33. The van der Waals surface area contributed by atoms with Crippen molar-refractivity contribution >= 4 is 11.6 Å². The van der Waals surface area contributed by atoms with Crippen LogP contribution in [0.4, 0.5) is 0 Å². The maximum absolute atomic E-state index is 5.52. The lowest BCUT2D eigenvalue weighted by Crippen LogP contribution is -1.99. The van der Waals surface area contributed by atoms with E-state index in [0.29, 0.717) is 12.5 Å². The fourth-order valence-electron chi connectivity index (χ4n) is 0.859. The van der Waals surface area contributed by atoms with E-state index in [4.69, 9.17) is 16.3 Å². The Bertz CT molecular complexity index is 240. The molecule has 0 aliphatic heterocycles. The molecule has 0 unspecified atom stereocenters. The van der Waals surface area contributed by atoms with E-state index in [2.05, 4.69) is 4.98 Å². The van der Waals surface area contributed by atoms with Gasteiger partial charge in [-0.2, -0.15) is 0 Å². The highest BCUT2D eigenvalue weighted by Gasteiger charge is 1.96. The molecule has 0 aliphatic rings. The van der Waals surface area contributed by atoms with Crippen LogP contribution in [-0.4, -0.2) is 17.5 Å². The molecule has 0 amide bonds. The summed E-state index contributed by atoms with van der Waals surface area (Å²) in [6, 6.07) is 1.86. The second-order valence-corrected chi connectivity index (χ2v) is 2.91. The van der Waals surface area contributed by atoms with Crippen molar-refractivity contribution in [3.05, 3.63) is 24.0 Å². The first-order chi connectivity index (χ1) is 5.84. The summed E-state index contributed by atoms with van der Waals surface area (Å²) < 4.78 is 5.45. The minimum atomic E-state index is 0.643. The second-order valence-electron chi connectivity index (χ2n) is 2.53. The largest absolute Gasteiger partial charge is 0.493 e. The Hall–Kier alpha value is -0.760. The molecule has 0 saturated heterocycles. The lowest BCUT2D eigenvalue weighted by atomic mass is 10.3. The molecule has 66 valence electrons. The van der Waals surface area contributed by atoms with Gasteiger partial charge in [0.25, 0.3) is 0 Å². The van der Waals surface area contributed by atoms with Crippen LogP contribution in [0.5, 0.6) is 5.75 Å². The topological polar surface area (TPSA) is 22.1 Å². The minimum absolute atomic E-state index is 0.643. The molecular weight excluding hydrogens is 174 g/mol. The quantitative estimate of drug-likeness (QED) is 0.531. The number of halogens is 1. The fraction of sp³-hybridized carbons (Fsp3) is 0.444. The van der Waals surface area contributed by atoms with E-state index in [0.717, 1.165) is 17.7 Å². The van der Waals surface area contributed by atoms with Gasteiger partial charge in [-0.25, -0.2) is 0 Å². The SMILES string of the molecule is Cc1cnccc1OCCCCl. The van der Waals surface area contributed by atoms with E-state index in [1.807, 2.05) is 13.0 Å². The van der Waals surface area contributed by atoms with Gasteiger partial charge in [0.15, 0.2) is 0 Å². The number of alkyl halides is 1. The predicted octanol–water partition coefficient (Wildman–Crippen LogP) is 2.40. The Morgan fingerprint density at radius 2 is 2.42 bits per heavy atom. The summed E-state index contributed by atoms with van der Waals surface area (Å²) in [6.07, 6.45) is 4.39. The summed E-state index contributed by atoms with van der Waals surface area (Å²) in [5.74, 6) is 1.54. The van der Waals surface area contributed by atoms with Crippen LogP contribution in [0.3, 0.4) is 0 Å². The number of ether oxygens (including phenoxy) is 1. The molecule has 0 N–H and O–H groups in total. The van der Waals surface area contributed by atoms with Gasteiger partial charge >= 0.3 is 0 Å². The molecule has 0 spiro atoms. The smallest absolute Gasteiger partial charge is 0.125 e. The van der Waals surface area contributed by atoms with Crippen molar-refractivity contribution in [1.82, 2.24) is 4.98 Å². The Morgan fingerprint density at radius 1 is 1.58 bits per heavy atom. The van der Waals surface area contributed by atoms with E-state index in [1.54, 1.807) is 12.4 Å². The van der Waals surface area contributed by atoms with Gasteiger partial charge in [0.2, 0.25) is 0 Å². The molecule has 0 saturated carbocycles. The number of hydrogen-bond acceptors (Lipinski definition) is 2. The predicted molar refractivity (Wildman–Crippen MR) is 49.8 cm³/mol. The number of aryl methyl sites for hydroxylation is 1. The van der Waals surface area contributed by atoms with E-state index in [9.17, 15) is 0 Å². The van der Waals surface area contributed by atoms with Crippen LogP contribution in [0.1, 0.15) is 12.0 Å². The molecular formula is C9H12ClNO. The third-order valence-electron chi connectivity index (χ3n) is 1.50. The summed E-state index contributed by atoms with van der Waals surface area (Å²) in [6.45, 7) is 2.65. The van der Waals surface area contributed by atoms with Crippen LogP contribution in [0, 0.1) is 6.92 Å². The van der Waals surface area contributed by atoms with Crippen LogP contribution in [0.2, 0.25) is 0 Å². The zero-order valence-corrected chi connectivity index (χ0v) is 7.84. The van der Waals surface area contributed by atoms with Crippen LogP contribution >= 0.6 is 11.6 Å². The molecule has 1 aromatic rings. The standard InChI is InChI=1S/C9H12ClNO/c1-8-7-11-5-3-9(8)12-6-2-4-10/h3,5,7H,2,4,6H2,1H3. The van der Waals surface area contributed by atoms with Gasteiger partial charge in [-0.3, -0.25) is 4.98 Å². The van der Waals surface area contributed by atoms with Crippen molar-refractivity contribution in [2.24, 2.45) is 0 Å². The van der Waals surface area contributed by atoms with Gasteiger partial charge in [-0.1, -0.05) is 0 Å². The monoisotopic (exact) mass is 185 g/mol. The Labute approximate surface area is 77.5 Å². The molecule has 0 bridgehead atoms. The average Bonchev–Trinajstić information content (AvgIpc) is 2.09. The maximum Gasteiger partial charge on any atom is 0.125 e. The average molecular weight is 186 g/mol. The molecule has 0 atom stereocenters. The summed E-state index contributed by atoms with van der Waals surface area (Å²) in [7, 11) is 0. The van der Waals surface area contributed by atoms with Crippen molar-refractivity contribution in [2.75, 3.05) is 12.5 Å². The van der Waals surface area contributed by atoms with E-state index in [-0.39, 0.29) is 0 Å². The van der Waals surface area contributed by atoms with Gasteiger partial charge in [0, 0.05) is 23.8 Å². The number of rotatable bonds is 4. The van der Waals surface area contributed by atoms with Crippen LogP contribution in [-0.2, 0) is 0 Å². The normalized spacial score (nSPS) is 9.83. The number of hydrogen-bond donors (Lipinski definition) is 0. The number of aromatic nitrogens is 1. The summed E-state index contributed by atoms with van der Waals surface area (Å²) >= 11 is 5.52. The van der Waals surface area contributed by atoms with Gasteiger partial charge in [0.1, 0.15) is 5.75 Å². The fourth-order valence-corrected chi connectivity index (χ4v) is 0.968. The van der Waals surface area contributed by atoms with Crippen LogP contribution in [0.15, 0.2) is 18.5 Å². The molecule has 2 nitrogen and oxygen atoms in total. The van der Waals surface area contributed by atoms with Crippen molar-refractivity contribution < 1.29 is 4.74 Å². The van der Waals surface area contributed by atoms with Crippen molar-refractivity contribution in [2.45, 2.75) is 13.3 Å². The molecule has 0 fully saturated rings. The molecule has 0 aliphatic carbocycles. The van der Waals surface area contributed by atoms with E-state index < -0.39 is 0 Å². The highest BCUT2D eigenvalue weighted by atomic mass is 35.5. The van der Waals surface area contributed by atoms with Gasteiger partial charge in [-0.05, 0) is 19.4 Å². The molecule has 3 heteroatoms. The number of pyridine rings is 1. The highest BCUT2D eigenvalue weighted by Crippen LogP contribution is 2.14. The first-order valence-electron chi connectivity index (χ1n) is 3.94. The zero-order valence-electron chi connectivity index (χ0n) is 7.09. The zero-order chi connectivity index (χ0) is 8.81. The van der Waals surface area contributed by atoms with Gasteiger partial charge < -0.3 is 4.74 Å². The summed E-state index contributed by atoms with van der Waals surface area (Å²) in [5.41, 5.74) is 1.06. The highest BCUT2D eigenvalue weighted by molar-refractivity contribution is 6.17. The third-order valence-corrected chi connectivity index (χ3v) is 1.77. The van der Waals surface area contributed by atoms with E-state index in [1.165, 1.54) is 0 Å². The van der Waals surface area contributed by atoms with E-state index >= 15 is 0 Å². The Balaban J connectivity index is 2.46. The molecule has 0 aromatic carbocycles. The summed E-state index contributed by atoms with van der Waals surface area (Å²) in [4.78, 5) is 3.97. The van der Waals surface area contributed by atoms with Crippen LogP contribution in [0.25, 0.3) is 0 Å². The molecule has 1 heterocycles. The lowest BCUT2D eigenvalue weighted by Gasteiger charge is -2.06. The molecule has 1 aromatic heterocycles. The first-order valence-corrected chi connectivity index (χ1v) is 4.47. The van der Waals surface area contributed by atoms with Gasteiger partial charge in [-0.15, -0.1) is 11.6 Å². The Morgan fingerprint density at radius 3 is 3.08 bits per heavy atom. The van der Waals surface area contributed by atoms with Crippen LogP contribution < -0.4 is 4.74 Å². The van der Waals surface area contributed by atoms with Gasteiger partial charge in [0.05, 0.1) is 6.61 Å². The van der Waals surface area contributed by atoms with Crippen molar-refractivity contribution in [1.29, 1.82) is 0 Å². The molecule has 12 heavy (non-hydrogen) atoms. The summed E-state index contributed by atoms with van der Waals surface area (Å²) in [5, 5.41) is 0. The van der Waals surface area contributed by atoms with Crippen molar-refractivity contribution in [3.8, 4) is 5.75 Å². The molecule has 1 rings (SSSR count). The second kappa shape index (κ2) is 4.99. The lowest BCUT2D eigenvalue weighted by molar-refractivity contribution is 0.316. The molecule has 0 radical (unpaired) electrons. The van der Waals surface area contributed by atoms with Crippen molar-refractivity contribution in [3.63, 3.8) is 0 Å².